The monoisotopic (exact) mass is 363 g/mol. The Bertz CT molecular complexity index is 464. The topological polar surface area (TPSA) is 47.4 Å². The molecule has 1 aliphatic heterocycles. The molecule has 0 fully saturated rings. The van der Waals surface area contributed by atoms with Crippen LogP contribution in [0.25, 0.3) is 0 Å². The summed E-state index contributed by atoms with van der Waals surface area (Å²) in [6.45, 7) is 9.09. The van der Waals surface area contributed by atoms with Gasteiger partial charge in [-0.3, -0.25) is 4.90 Å². The number of rotatable bonds is 0. The summed E-state index contributed by atoms with van der Waals surface area (Å²) < 4.78 is 8.49. The summed E-state index contributed by atoms with van der Waals surface area (Å²) in [6.07, 6.45) is 1.58. The van der Waals surface area contributed by atoms with Gasteiger partial charge in [-0.15, -0.1) is 0 Å². The first kappa shape index (κ1) is 13.6. The lowest BCUT2D eigenvalue weighted by Gasteiger charge is -2.35. The molecule has 1 amide bonds. The highest BCUT2D eigenvalue weighted by atomic mass is 127. The van der Waals surface area contributed by atoms with Crippen LogP contribution in [0, 0.1) is 3.70 Å². The van der Waals surface area contributed by atoms with Crippen molar-refractivity contribution in [3.8, 4) is 0 Å². The number of hydrogen-bond acceptors (Lipinski definition) is 3. The van der Waals surface area contributed by atoms with E-state index in [9.17, 15) is 4.79 Å². The van der Waals surface area contributed by atoms with Crippen molar-refractivity contribution in [1.29, 1.82) is 0 Å². The number of carbonyl (C=O) groups is 1. The van der Waals surface area contributed by atoms with E-state index in [-0.39, 0.29) is 12.1 Å². The molecule has 0 bridgehead atoms. The number of amides is 1. The molecule has 1 unspecified atom stereocenters. The van der Waals surface area contributed by atoms with Gasteiger partial charge < -0.3 is 9.30 Å². The van der Waals surface area contributed by atoms with Gasteiger partial charge in [-0.2, -0.15) is 0 Å². The second kappa shape index (κ2) is 4.71. The molecule has 0 N–H and O–H groups in total. The Morgan fingerprint density at radius 3 is 2.78 bits per heavy atom. The maximum absolute atomic E-state index is 12.1. The number of nitrogens with zero attached hydrogens (tertiary/aromatic N) is 3. The summed E-state index contributed by atoms with van der Waals surface area (Å²) in [5, 5.41) is 0. The molecule has 5 nitrogen and oxygen atoms in total. The highest BCUT2D eigenvalue weighted by Crippen LogP contribution is 2.29. The molecule has 0 spiro atoms. The van der Waals surface area contributed by atoms with Crippen LogP contribution in [0.15, 0.2) is 6.33 Å². The molecule has 1 aliphatic rings. The van der Waals surface area contributed by atoms with E-state index < -0.39 is 5.60 Å². The molecule has 18 heavy (non-hydrogen) atoms. The van der Waals surface area contributed by atoms with Crippen LogP contribution in [0.5, 0.6) is 0 Å². The van der Waals surface area contributed by atoms with Gasteiger partial charge in [0.15, 0.2) is 0 Å². The Balaban J connectivity index is 2.19. The van der Waals surface area contributed by atoms with E-state index in [4.69, 9.17) is 4.74 Å². The number of aromatic nitrogens is 2. The Hall–Kier alpha value is -0.790. The van der Waals surface area contributed by atoms with E-state index in [0.29, 0.717) is 6.54 Å². The lowest BCUT2D eigenvalue weighted by molar-refractivity contribution is 0.0126. The van der Waals surface area contributed by atoms with Gasteiger partial charge in [0.1, 0.15) is 9.30 Å². The van der Waals surface area contributed by atoms with Crippen molar-refractivity contribution in [2.45, 2.75) is 45.9 Å². The quantitative estimate of drug-likeness (QED) is 0.666. The van der Waals surface area contributed by atoms with Crippen molar-refractivity contribution in [2.75, 3.05) is 6.54 Å². The first-order valence-corrected chi connectivity index (χ1v) is 7.07. The van der Waals surface area contributed by atoms with Crippen LogP contribution in [-0.2, 0) is 11.3 Å². The van der Waals surface area contributed by atoms with E-state index >= 15 is 0 Å². The highest BCUT2D eigenvalue weighted by molar-refractivity contribution is 14.1. The largest absolute Gasteiger partial charge is 0.444 e. The number of halogens is 1. The zero-order chi connectivity index (χ0) is 13.5. The zero-order valence-electron chi connectivity index (χ0n) is 11.1. The van der Waals surface area contributed by atoms with E-state index in [2.05, 4.69) is 32.1 Å². The fourth-order valence-corrected chi connectivity index (χ4v) is 2.97. The van der Waals surface area contributed by atoms with Gasteiger partial charge >= 0.3 is 6.09 Å². The fourth-order valence-electron chi connectivity index (χ4n) is 2.08. The molecule has 2 heterocycles. The average molecular weight is 363 g/mol. The number of carbonyl (C=O) groups excluding carboxylic acids is 1. The van der Waals surface area contributed by atoms with Gasteiger partial charge in [-0.25, -0.2) is 9.78 Å². The van der Waals surface area contributed by atoms with Crippen LogP contribution in [-0.4, -0.2) is 32.7 Å². The molecule has 0 saturated carbocycles. The Kier molecular flexibility index (Phi) is 3.57. The first-order chi connectivity index (χ1) is 8.29. The Morgan fingerprint density at radius 1 is 1.50 bits per heavy atom. The van der Waals surface area contributed by atoms with Crippen LogP contribution in [0.4, 0.5) is 4.79 Å². The third kappa shape index (κ3) is 2.62. The van der Waals surface area contributed by atoms with Gasteiger partial charge in [-0.1, -0.05) is 0 Å². The average Bonchev–Trinajstić information content (AvgIpc) is 2.58. The predicted octanol–water partition coefficient (Wildman–Crippen LogP) is 2.80. The smallest absolute Gasteiger partial charge is 0.410 e. The van der Waals surface area contributed by atoms with Crippen molar-refractivity contribution < 1.29 is 9.53 Å². The standard InChI is InChI=1S/C12H18IN3O2/c1-8-9-10(13)14-7-15(9)5-6-16(8)11(17)18-12(2,3)4/h7-8H,5-6H2,1-4H3. The number of fused-ring (bicyclic) bond motifs is 1. The minimum Gasteiger partial charge on any atom is -0.444 e. The molecule has 1 aromatic heterocycles. The molecular formula is C12H18IN3O2. The highest BCUT2D eigenvalue weighted by Gasteiger charge is 2.32. The molecule has 2 rings (SSSR count). The molecule has 100 valence electrons. The number of hydrogen-bond donors (Lipinski definition) is 0. The van der Waals surface area contributed by atoms with Gasteiger partial charge in [0.05, 0.1) is 18.1 Å². The Morgan fingerprint density at radius 2 is 2.17 bits per heavy atom. The van der Waals surface area contributed by atoms with Crippen LogP contribution >= 0.6 is 22.6 Å². The van der Waals surface area contributed by atoms with Gasteiger partial charge in [0.25, 0.3) is 0 Å². The van der Waals surface area contributed by atoms with Crippen molar-refractivity contribution in [3.63, 3.8) is 0 Å². The third-order valence-electron chi connectivity index (χ3n) is 2.90. The molecule has 0 saturated heterocycles. The fraction of sp³-hybridized carbons (Fsp3) is 0.667. The van der Waals surface area contributed by atoms with Crippen molar-refractivity contribution in [2.24, 2.45) is 0 Å². The minimum absolute atomic E-state index is 0.00278. The second-order valence-corrected chi connectivity index (χ2v) is 6.49. The minimum atomic E-state index is -0.457. The molecule has 0 radical (unpaired) electrons. The molecule has 1 atom stereocenters. The maximum atomic E-state index is 12.1. The zero-order valence-corrected chi connectivity index (χ0v) is 13.3. The van der Waals surface area contributed by atoms with Gasteiger partial charge in [-0.05, 0) is 50.3 Å². The molecule has 0 aromatic carbocycles. The normalized spacial score (nSPS) is 19.6. The number of imidazole rings is 1. The lowest BCUT2D eigenvalue weighted by Crippen LogP contribution is -2.43. The predicted molar refractivity (Wildman–Crippen MR) is 76.3 cm³/mol. The number of ether oxygens (including phenoxy) is 1. The second-order valence-electron chi connectivity index (χ2n) is 5.46. The molecule has 1 aromatic rings. The third-order valence-corrected chi connectivity index (χ3v) is 3.74. The first-order valence-electron chi connectivity index (χ1n) is 6.00. The lowest BCUT2D eigenvalue weighted by atomic mass is 10.1. The van der Waals surface area contributed by atoms with Crippen LogP contribution in [0.1, 0.15) is 39.4 Å². The molecule has 0 aliphatic carbocycles. The van der Waals surface area contributed by atoms with Crippen molar-refractivity contribution in [1.82, 2.24) is 14.5 Å². The molecular weight excluding hydrogens is 345 g/mol. The molecule has 6 heteroatoms. The summed E-state index contributed by atoms with van der Waals surface area (Å²) in [4.78, 5) is 18.2. The summed E-state index contributed by atoms with van der Waals surface area (Å²) in [6, 6.07) is 0.00278. The van der Waals surface area contributed by atoms with E-state index in [1.807, 2.05) is 34.0 Å². The van der Waals surface area contributed by atoms with E-state index in [0.717, 1.165) is 15.9 Å². The van der Waals surface area contributed by atoms with Gasteiger partial charge in [0, 0.05) is 13.1 Å². The maximum Gasteiger partial charge on any atom is 0.410 e. The summed E-state index contributed by atoms with van der Waals surface area (Å²) in [5.41, 5.74) is 0.634. The van der Waals surface area contributed by atoms with Crippen LogP contribution < -0.4 is 0 Å². The van der Waals surface area contributed by atoms with E-state index in [1.165, 1.54) is 0 Å². The van der Waals surface area contributed by atoms with Crippen LogP contribution in [0.2, 0.25) is 0 Å². The van der Waals surface area contributed by atoms with E-state index in [1.54, 1.807) is 4.90 Å². The summed E-state index contributed by atoms with van der Waals surface area (Å²) in [5.74, 6) is 0. The van der Waals surface area contributed by atoms with Crippen molar-refractivity contribution in [3.05, 3.63) is 15.7 Å². The van der Waals surface area contributed by atoms with Crippen LogP contribution in [0.3, 0.4) is 0 Å². The summed E-state index contributed by atoms with van der Waals surface area (Å²) in [7, 11) is 0. The van der Waals surface area contributed by atoms with Crippen molar-refractivity contribution >= 4 is 28.7 Å². The SMILES string of the molecule is CC1c2c(I)ncn2CCN1C(=O)OC(C)(C)C. The summed E-state index contributed by atoms with van der Waals surface area (Å²) >= 11 is 2.20. The van der Waals surface area contributed by atoms with Gasteiger partial charge in [0.2, 0.25) is 0 Å². The Labute approximate surface area is 121 Å².